The lowest BCUT2D eigenvalue weighted by Gasteiger charge is -2.09. The molecular weight excluding hydrogens is 279 g/mol. The lowest BCUT2D eigenvalue weighted by atomic mass is 10.3. The molecule has 0 radical (unpaired) electrons. The van der Waals surface area contributed by atoms with Crippen molar-refractivity contribution in [2.45, 2.75) is 31.2 Å². The van der Waals surface area contributed by atoms with Crippen LogP contribution in [0.25, 0.3) is 0 Å². The fraction of sp³-hybridized carbons (Fsp3) is 0.429. The van der Waals surface area contributed by atoms with E-state index in [4.69, 9.17) is 0 Å². The van der Waals surface area contributed by atoms with E-state index in [2.05, 4.69) is 10.6 Å². The molecule has 0 fully saturated rings. The molecule has 110 valence electrons. The molecule has 4 nitrogen and oxygen atoms in total. The second-order valence-corrected chi connectivity index (χ2v) is 5.66. The summed E-state index contributed by atoms with van der Waals surface area (Å²) in [5.74, 6) is -0.240. The van der Waals surface area contributed by atoms with Gasteiger partial charge in [-0.2, -0.15) is 0 Å². The van der Waals surface area contributed by atoms with Gasteiger partial charge in [0.25, 0.3) is 0 Å². The number of carbonyl (C=O) groups is 2. The van der Waals surface area contributed by atoms with Crippen LogP contribution in [0.2, 0.25) is 0 Å². The average Bonchev–Trinajstić information content (AvgIpc) is 2.38. The second-order valence-electron chi connectivity index (χ2n) is 4.53. The minimum absolute atomic E-state index is 0.0264. The van der Waals surface area contributed by atoms with Crippen LogP contribution in [-0.2, 0) is 9.59 Å². The number of hydrogen-bond donors (Lipinski definition) is 2. The fourth-order valence-corrected chi connectivity index (χ4v) is 2.34. The monoisotopic (exact) mass is 298 g/mol. The van der Waals surface area contributed by atoms with E-state index in [9.17, 15) is 14.0 Å². The zero-order chi connectivity index (χ0) is 15.0. The van der Waals surface area contributed by atoms with Gasteiger partial charge in [0.15, 0.2) is 0 Å². The summed E-state index contributed by atoms with van der Waals surface area (Å²) < 4.78 is 13.3. The molecule has 20 heavy (non-hydrogen) atoms. The van der Waals surface area contributed by atoms with E-state index in [1.807, 2.05) is 13.8 Å². The van der Waals surface area contributed by atoms with Crippen LogP contribution in [0, 0.1) is 5.82 Å². The minimum atomic E-state index is -0.283. The maximum atomic E-state index is 13.3. The summed E-state index contributed by atoms with van der Waals surface area (Å²) in [6, 6.07) is 6.49. The number of benzene rings is 1. The summed E-state index contributed by atoms with van der Waals surface area (Å²) in [5.41, 5.74) is 0. The van der Waals surface area contributed by atoms with Gasteiger partial charge in [0, 0.05) is 23.1 Å². The van der Waals surface area contributed by atoms with Crippen LogP contribution in [-0.4, -0.2) is 30.2 Å². The highest BCUT2D eigenvalue weighted by Crippen LogP contribution is 2.21. The lowest BCUT2D eigenvalue weighted by molar-refractivity contribution is -0.126. The van der Waals surface area contributed by atoms with Crippen molar-refractivity contribution in [1.29, 1.82) is 0 Å². The van der Waals surface area contributed by atoms with Crippen LogP contribution in [0.5, 0.6) is 0 Å². The smallest absolute Gasteiger partial charge is 0.239 e. The third-order valence-electron chi connectivity index (χ3n) is 2.32. The van der Waals surface area contributed by atoms with Crippen molar-refractivity contribution < 1.29 is 14.0 Å². The molecule has 0 aliphatic carbocycles. The summed E-state index contributed by atoms with van der Waals surface area (Å²) in [4.78, 5) is 23.4. The zero-order valence-corrected chi connectivity index (χ0v) is 12.4. The molecule has 0 spiro atoms. The average molecular weight is 298 g/mol. The summed E-state index contributed by atoms with van der Waals surface area (Å²) in [6.45, 7) is 3.68. The highest BCUT2D eigenvalue weighted by atomic mass is 32.2. The molecule has 0 aromatic heterocycles. The van der Waals surface area contributed by atoms with Crippen LogP contribution >= 0.6 is 11.8 Å². The van der Waals surface area contributed by atoms with E-state index in [1.54, 1.807) is 18.2 Å². The summed E-state index contributed by atoms with van der Waals surface area (Å²) in [7, 11) is 0. The Balaban J connectivity index is 2.21. The first-order valence-electron chi connectivity index (χ1n) is 6.42. The molecule has 2 N–H and O–H groups in total. The standard InChI is InChI=1S/C14H19FN2O2S/c1-10(2)17-14(19)9-16-13(18)7-8-20-12-6-4-3-5-11(12)15/h3-6,10H,7-9H2,1-2H3,(H,16,18)(H,17,19). The van der Waals surface area contributed by atoms with Gasteiger partial charge < -0.3 is 10.6 Å². The molecule has 1 aromatic carbocycles. The predicted octanol–water partition coefficient (Wildman–Crippen LogP) is 1.95. The Kier molecular flexibility index (Phi) is 7.08. The number of hydrogen-bond acceptors (Lipinski definition) is 3. The predicted molar refractivity (Wildman–Crippen MR) is 78.0 cm³/mol. The van der Waals surface area contributed by atoms with Gasteiger partial charge in [0.05, 0.1) is 6.54 Å². The van der Waals surface area contributed by atoms with Crippen molar-refractivity contribution in [2.75, 3.05) is 12.3 Å². The highest BCUT2D eigenvalue weighted by Gasteiger charge is 2.07. The molecule has 0 atom stereocenters. The first-order valence-corrected chi connectivity index (χ1v) is 7.41. The van der Waals surface area contributed by atoms with Crippen molar-refractivity contribution in [3.05, 3.63) is 30.1 Å². The van der Waals surface area contributed by atoms with Crippen LogP contribution in [0.15, 0.2) is 29.2 Å². The molecule has 1 rings (SSSR count). The summed E-state index contributed by atoms with van der Waals surface area (Å²) in [5, 5.41) is 5.21. The van der Waals surface area contributed by atoms with E-state index >= 15 is 0 Å². The van der Waals surface area contributed by atoms with Crippen molar-refractivity contribution in [3.63, 3.8) is 0 Å². The lowest BCUT2D eigenvalue weighted by Crippen LogP contribution is -2.39. The largest absolute Gasteiger partial charge is 0.352 e. The maximum Gasteiger partial charge on any atom is 0.239 e. The van der Waals surface area contributed by atoms with Crippen LogP contribution in [0.4, 0.5) is 4.39 Å². The second kappa shape index (κ2) is 8.58. The molecule has 0 aliphatic heterocycles. The Labute approximate surface area is 122 Å². The van der Waals surface area contributed by atoms with Gasteiger partial charge in [-0.3, -0.25) is 9.59 Å². The molecule has 0 bridgehead atoms. The maximum absolute atomic E-state index is 13.3. The summed E-state index contributed by atoms with van der Waals surface area (Å²) in [6.07, 6.45) is 0.244. The SMILES string of the molecule is CC(C)NC(=O)CNC(=O)CCSc1ccccc1F. The third kappa shape index (κ3) is 6.56. The van der Waals surface area contributed by atoms with E-state index in [-0.39, 0.29) is 36.6 Å². The van der Waals surface area contributed by atoms with Crippen molar-refractivity contribution in [3.8, 4) is 0 Å². The normalized spacial score (nSPS) is 10.4. The van der Waals surface area contributed by atoms with Crippen molar-refractivity contribution >= 4 is 23.6 Å². The Bertz CT molecular complexity index is 466. The van der Waals surface area contributed by atoms with Crippen LogP contribution in [0.1, 0.15) is 20.3 Å². The van der Waals surface area contributed by atoms with Gasteiger partial charge in [0.2, 0.25) is 11.8 Å². The molecule has 1 aromatic rings. The van der Waals surface area contributed by atoms with Gasteiger partial charge in [-0.1, -0.05) is 12.1 Å². The number of carbonyl (C=O) groups excluding carboxylic acids is 2. The van der Waals surface area contributed by atoms with Crippen LogP contribution < -0.4 is 10.6 Å². The fourth-order valence-electron chi connectivity index (χ4n) is 1.46. The number of halogens is 1. The molecule has 2 amide bonds. The molecular formula is C14H19FN2O2S. The molecule has 0 unspecified atom stereocenters. The topological polar surface area (TPSA) is 58.2 Å². The number of amides is 2. The van der Waals surface area contributed by atoms with E-state index in [0.717, 1.165) is 0 Å². The van der Waals surface area contributed by atoms with Crippen molar-refractivity contribution in [2.24, 2.45) is 0 Å². The van der Waals surface area contributed by atoms with Crippen LogP contribution in [0.3, 0.4) is 0 Å². The zero-order valence-electron chi connectivity index (χ0n) is 11.6. The van der Waals surface area contributed by atoms with Gasteiger partial charge in [-0.25, -0.2) is 4.39 Å². The number of thioether (sulfide) groups is 1. The molecule has 0 aliphatic rings. The highest BCUT2D eigenvalue weighted by molar-refractivity contribution is 7.99. The Morgan fingerprint density at radius 1 is 1.25 bits per heavy atom. The van der Waals surface area contributed by atoms with Gasteiger partial charge in [-0.15, -0.1) is 11.8 Å². The van der Waals surface area contributed by atoms with Gasteiger partial charge >= 0.3 is 0 Å². The molecule has 0 saturated heterocycles. The number of nitrogens with one attached hydrogen (secondary N) is 2. The van der Waals surface area contributed by atoms with Crippen molar-refractivity contribution in [1.82, 2.24) is 10.6 Å². The quantitative estimate of drug-likeness (QED) is 0.757. The number of rotatable bonds is 7. The minimum Gasteiger partial charge on any atom is -0.352 e. The van der Waals surface area contributed by atoms with Gasteiger partial charge in [-0.05, 0) is 26.0 Å². The van der Waals surface area contributed by atoms with E-state index in [1.165, 1.54) is 17.8 Å². The van der Waals surface area contributed by atoms with Gasteiger partial charge in [0.1, 0.15) is 5.82 Å². The molecule has 6 heteroatoms. The summed E-state index contributed by atoms with van der Waals surface area (Å²) >= 11 is 1.28. The Morgan fingerprint density at radius 2 is 1.95 bits per heavy atom. The van der Waals surface area contributed by atoms with E-state index in [0.29, 0.717) is 10.6 Å². The van der Waals surface area contributed by atoms with E-state index < -0.39 is 0 Å². The Morgan fingerprint density at radius 3 is 2.60 bits per heavy atom. The first kappa shape index (κ1) is 16.5. The first-order chi connectivity index (χ1) is 9.49. The third-order valence-corrected chi connectivity index (χ3v) is 3.37. The molecule has 0 saturated carbocycles. The molecule has 0 heterocycles. The Hall–Kier alpha value is -1.56.